The summed E-state index contributed by atoms with van der Waals surface area (Å²) < 4.78 is 0. The number of amides is 1. The predicted octanol–water partition coefficient (Wildman–Crippen LogP) is 4.79. The second-order valence-corrected chi connectivity index (χ2v) is 9.33. The first-order chi connectivity index (χ1) is 9.66. The van der Waals surface area contributed by atoms with E-state index >= 15 is 0 Å². The van der Waals surface area contributed by atoms with Crippen LogP contribution in [0.15, 0.2) is 6.07 Å². The molecule has 0 spiro atoms. The van der Waals surface area contributed by atoms with E-state index in [-0.39, 0.29) is 16.7 Å². The molecule has 1 heterocycles. The molecule has 2 aliphatic carbocycles. The molecule has 116 valence electrons. The number of anilines is 1. The fourth-order valence-electron chi connectivity index (χ4n) is 3.50. The van der Waals surface area contributed by atoms with Crippen LogP contribution < -0.4 is 4.90 Å². The highest BCUT2D eigenvalue weighted by Gasteiger charge is 2.69. The molecule has 0 unspecified atom stereocenters. The zero-order valence-electron chi connectivity index (χ0n) is 14.1. The normalized spacial score (nSPS) is 23.1. The molecule has 0 atom stereocenters. The summed E-state index contributed by atoms with van der Waals surface area (Å²) in [6.07, 6.45) is 2.56. The molecule has 2 nitrogen and oxygen atoms in total. The molecule has 1 amide bonds. The lowest BCUT2D eigenvalue weighted by molar-refractivity contribution is -0.120. The van der Waals surface area contributed by atoms with E-state index in [1.807, 2.05) is 0 Å². The first-order valence-corrected chi connectivity index (χ1v) is 8.86. The van der Waals surface area contributed by atoms with Crippen molar-refractivity contribution in [3.8, 4) is 0 Å². The molecular weight excluding hydrogens is 278 g/mol. The minimum atomic E-state index is 0.118. The van der Waals surface area contributed by atoms with Crippen LogP contribution in [0.25, 0.3) is 0 Å². The molecule has 21 heavy (non-hydrogen) atoms. The lowest BCUT2D eigenvalue weighted by Crippen LogP contribution is -2.35. The highest BCUT2D eigenvalue weighted by atomic mass is 32.1. The fourth-order valence-corrected chi connectivity index (χ4v) is 4.55. The van der Waals surface area contributed by atoms with Gasteiger partial charge in [0.05, 0.1) is 5.00 Å². The van der Waals surface area contributed by atoms with Crippen LogP contribution in [-0.2, 0) is 4.79 Å². The van der Waals surface area contributed by atoms with Crippen molar-refractivity contribution in [1.82, 2.24) is 0 Å². The minimum absolute atomic E-state index is 0.118. The van der Waals surface area contributed by atoms with Gasteiger partial charge in [0.15, 0.2) is 0 Å². The Morgan fingerprint density at radius 1 is 1.24 bits per heavy atom. The first kappa shape index (κ1) is 15.1. The van der Waals surface area contributed by atoms with Crippen molar-refractivity contribution in [2.24, 2.45) is 22.7 Å². The van der Waals surface area contributed by atoms with E-state index in [1.165, 1.54) is 23.3 Å². The molecule has 0 aromatic carbocycles. The van der Waals surface area contributed by atoms with Gasteiger partial charge in [0.2, 0.25) is 5.91 Å². The third-order valence-corrected chi connectivity index (χ3v) is 7.27. The number of carbonyl (C=O) groups is 1. The Morgan fingerprint density at radius 2 is 1.81 bits per heavy atom. The molecule has 0 bridgehead atoms. The van der Waals surface area contributed by atoms with Crippen LogP contribution in [0, 0.1) is 36.5 Å². The van der Waals surface area contributed by atoms with Gasteiger partial charge in [-0.1, -0.05) is 27.7 Å². The van der Waals surface area contributed by atoms with Crippen LogP contribution in [-0.4, -0.2) is 12.5 Å². The quantitative estimate of drug-likeness (QED) is 0.783. The summed E-state index contributed by atoms with van der Waals surface area (Å²) in [5, 5.41) is 1.15. The van der Waals surface area contributed by atoms with E-state index in [9.17, 15) is 4.79 Å². The Kier molecular flexibility index (Phi) is 3.29. The zero-order valence-corrected chi connectivity index (χ0v) is 14.9. The highest BCUT2D eigenvalue weighted by Crippen LogP contribution is 2.69. The van der Waals surface area contributed by atoms with Crippen molar-refractivity contribution in [1.29, 1.82) is 0 Å². The van der Waals surface area contributed by atoms with Crippen LogP contribution in [0.4, 0.5) is 5.00 Å². The monoisotopic (exact) mass is 305 g/mol. The van der Waals surface area contributed by atoms with E-state index in [2.05, 4.69) is 52.5 Å². The lowest BCUT2D eigenvalue weighted by Gasteiger charge is -2.22. The highest BCUT2D eigenvalue weighted by molar-refractivity contribution is 7.16. The van der Waals surface area contributed by atoms with Crippen LogP contribution in [0.1, 0.15) is 51.0 Å². The molecule has 0 N–H and O–H groups in total. The number of aryl methyl sites for hydroxylation is 2. The number of nitrogens with zero attached hydrogens (tertiary/aromatic N) is 1. The molecule has 2 fully saturated rings. The van der Waals surface area contributed by atoms with Crippen molar-refractivity contribution >= 4 is 22.2 Å². The van der Waals surface area contributed by atoms with Crippen molar-refractivity contribution < 1.29 is 4.79 Å². The molecule has 2 aliphatic rings. The minimum Gasteiger partial charge on any atom is -0.303 e. The van der Waals surface area contributed by atoms with Crippen molar-refractivity contribution in [3.63, 3.8) is 0 Å². The largest absolute Gasteiger partial charge is 0.303 e. The van der Waals surface area contributed by atoms with Crippen LogP contribution >= 0.6 is 11.3 Å². The Balaban J connectivity index is 1.88. The van der Waals surface area contributed by atoms with Gasteiger partial charge in [0.1, 0.15) is 0 Å². The molecule has 2 saturated carbocycles. The molecule has 0 aliphatic heterocycles. The van der Waals surface area contributed by atoms with Gasteiger partial charge in [-0.3, -0.25) is 4.79 Å². The molecule has 3 rings (SSSR count). The Bertz CT molecular complexity index is 547. The molecular formula is C18H27NOS. The van der Waals surface area contributed by atoms with Crippen molar-refractivity contribution in [3.05, 3.63) is 16.5 Å². The molecule has 1 aromatic heterocycles. The van der Waals surface area contributed by atoms with Gasteiger partial charge in [-0.05, 0) is 55.1 Å². The number of carbonyl (C=O) groups excluding carboxylic acids is 1. The predicted molar refractivity (Wildman–Crippen MR) is 89.9 cm³/mol. The smallest absolute Gasteiger partial charge is 0.231 e. The van der Waals surface area contributed by atoms with Gasteiger partial charge in [-0.25, -0.2) is 0 Å². The summed E-state index contributed by atoms with van der Waals surface area (Å²) in [5.41, 5.74) is 1.54. The number of hydrogen-bond donors (Lipinski definition) is 0. The summed E-state index contributed by atoms with van der Waals surface area (Å²) in [4.78, 5) is 16.6. The number of thiophene rings is 1. The van der Waals surface area contributed by atoms with Crippen molar-refractivity contribution in [2.75, 3.05) is 11.4 Å². The van der Waals surface area contributed by atoms with E-state index in [0.29, 0.717) is 5.91 Å². The summed E-state index contributed by atoms with van der Waals surface area (Å²) >= 11 is 1.77. The summed E-state index contributed by atoms with van der Waals surface area (Å²) in [6, 6.07) is 2.20. The topological polar surface area (TPSA) is 20.3 Å². The first-order valence-electron chi connectivity index (χ1n) is 8.04. The third-order valence-electron chi connectivity index (χ3n) is 6.09. The lowest BCUT2D eigenvalue weighted by atomic mass is 10.0. The van der Waals surface area contributed by atoms with Gasteiger partial charge < -0.3 is 4.90 Å². The van der Waals surface area contributed by atoms with Gasteiger partial charge in [0.25, 0.3) is 0 Å². The van der Waals surface area contributed by atoms with Gasteiger partial charge in [-0.2, -0.15) is 0 Å². The van der Waals surface area contributed by atoms with E-state index in [4.69, 9.17) is 0 Å². The van der Waals surface area contributed by atoms with Crippen LogP contribution in [0.5, 0.6) is 0 Å². The Hall–Kier alpha value is -0.830. The number of rotatable bonds is 4. The van der Waals surface area contributed by atoms with E-state index < -0.39 is 0 Å². The second-order valence-electron chi connectivity index (χ2n) is 8.09. The maximum atomic E-state index is 13.2. The van der Waals surface area contributed by atoms with Gasteiger partial charge in [-0.15, -0.1) is 11.3 Å². The zero-order chi connectivity index (χ0) is 15.6. The maximum Gasteiger partial charge on any atom is 0.231 e. The standard InChI is InChI=1S/C18H27NOS/c1-11-9-14(21-12(11)2)19(10-13-7-8-13)16(20)15-17(3,4)18(15,5)6/h9,13,15H,7-8,10H2,1-6H3. The Morgan fingerprint density at radius 3 is 2.19 bits per heavy atom. The van der Waals surface area contributed by atoms with Crippen LogP contribution in [0.2, 0.25) is 0 Å². The van der Waals surface area contributed by atoms with Crippen molar-refractivity contribution in [2.45, 2.75) is 54.4 Å². The fraction of sp³-hybridized carbons (Fsp3) is 0.722. The van der Waals surface area contributed by atoms with E-state index in [0.717, 1.165) is 17.5 Å². The number of hydrogen-bond acceptors (Lipinski definition) is 2. The third kappa shape index (κ3) is 2.34. The van der Waals surface area contributed by atoms with Crippen LogP contribution in [0.3, 0.4) is 0 Å². The second kappa shape index (κ2) is 4.58. The summed E-state index contributed by atoms with van der Waals surface area (Å²) in [5.74, 6) is 1.23. The Labute approximate surface area is 132 Å². The molecule has 3 heteroatoms. The SMILES string of the molecule is Cc1cc(N(CC2CC2)C(=O)C2C(C)(C)C2(C)C)sc1C. The van der Waals surface area contributed by atoms with Gasteiger partial charge in [0, 0.05) is 17.3 Å². The molecule has 0 saturated heterocycles. The van der Waals surface area contributed by atoms with E-state index in [1.54, 1.807) is 11.3 Å². The maximum absolute atomic E-state index is 13.2. The molecule has 0 radical (unpaired) electrons. The molecule has 1 aromatic rings. The average molecular weight is 305 g/mol. The average Bonchev–Trinajstić information content (AvgIpc) is 3.20. The summed E-state index contributed by atoms with van der Waals surface area (Å²) in [6.45, 7) is 14.1. The summed E-state index contributed by atoms with van der Waals surface area (Å²) in [7, 11) is 0. The van der Waals surface area contributed by atoms with Gasteiger partial charge >= 0.3 is 0 Å².